The molecule has 0 spiro atoms. The van der Waals surface area contributed by atoms with Gasteiger partial charge in [-0.25, -0.2) is 0 Å². The average molecular weight is 249 g/mol. The van der Waals surface area contributed by atoms with Gasteiger partial charge in [-0.05, 0) is 6.08 Å². The van der Waals surface area contributed by atoms with Crippen molar-refractivity contribution in [2.24, 2.45) is 4.99 Å². The third kappa shape index (κ3) is 1.36. The predicted octanol–water partition coefficient (Wildman–Crippen LogP) is 1.68. The molecular formula is C10H5BrN2O. The monoisotopic (exact) mass is 248 g/mol. The first-order chi connectivity index (χ1) is 6.72. The Morgan fingerprint density at radius 2 is 2.29 bits per heavy atom. The highest BCUT2D eigenvalue weighted by atomic mass is 79.9. The molecule has 1 unspecified atom stereocenters. The first kappa shape index (κ1) is 9.10. The standard InChI is InChI=1S/C10H5BrN2O/c11-7-3-6(5-12)10-8(4-7)9(14)1-2-13-10/h1-4,7H. The minimum absolute atomic E-state index is 0.0680. The summed E-state index contributed by atoms with van der Waals surface area (Å²) in [5.41, 5.74) is 1.44. The fraction of sp³-hybridized carbons (Fsp3) is 0.100. The average Bonchev–Trinajstić information content (AvgIpc) is 2.18. The van der Waals surface area contributed by atoms with Crippen LogP contribution in [0.1, 0.15) is 0 Å². The summed E-state index contributed by atoms with van der Waals surface area (Å²) in [6.45, 7) is 0. The summed E-state index contributed by atoms with van der Waals surface area (Å²) in [6, 6.07) is 2.03. The van der Waals surface area contributed by atoms with Gasteiger partial charge in [0.1, 0.15) is 6.07 Å². The van der Waals surface area contributed by atoms with E-state index in [2.05, 4.69) is 20.9 Å². The number of aliphatic imine (C=N–C) groups is 1. The van der Waals surface area contributed by atoms with Crippen LogP contribution in [0.2, 0.25) is 0 Å². The van der Waals surface area contributed by atoms with Crippen molar-refractivity contribution in [1.29, 1.82) is 5.26 Å². The minimum Gasteiger partial charge on any atom is -0.289 e. The number of allylic oxidation sites excluding steroid dienone is 5. The number of carbonyl (C=O) groups excluding carboxylic acids is 1. The fourth-order valence-electron chi connectivity index (χ4n) is 1.37. The van der Waals surface area contributed by atoms with Crippen molar-refractivity contribution >= 4 is 27.4 Å². The predicted molar refractivity (Wildman–Crippen MR) is 56.1 cm³/mol. The molecule has 0 fully saturated rings. The molecule has 3 nitrogen and oxygen atoms in total. The summed E-state index contributed by atoms with van der Waals surface area (Å²) in [4.78, 5) is 15.4. The van der Waals surface area contributed by atoms with E-state index in [0.29, 0.717) is 16.9 Å². The molecule has 0 aromatic heterocycles. The Morgan fingerprint density at radius 1 is 1.50 bits per heavy atom. The summed E-state index contributed by atoms with van der Waals surface area (Å²) in [5, 5.41) is 8.85. The molecule has 0 radical (unpaired) electrons. The van der Waals surface area contributed by atoms with Gasteiger partial charge >= 0.3 is 0 Å². The second kappa shape index (κ2) is 3.35. The molecule has 2 rings (SSSR count). The summed E-state index contributed by atoms with van der Waals surface area (Å²) in [6.07, 6.45) is 6.31. The molecule has 0 N–H and O–H groups in total. The molecule has 2 aliphatic rings. The van der Waals surface area contributed by atoms with Gasteiger partial charge in [-0.1, -0.05) is 22.0 Å². The van der Waals surface area contributed by atoms with Gasteiger partial charge in [0, 0.05) is 17.8 Å². The number of alkyl halides is 1. The number of nitrogens with zero attached hydrogens (tertiary/aromatic N) is 2. The number of ketones is 1. The molecule has 0 aromatic carbocycles. The van der Waals surface area contributed by atoms with Gasteiger partial charge in [0.25, 0.3) is 0 Å². The van der Waals surface area contributed by atoms with Crippen LogP contribution in [0.5, 0.6) is 0 Å². The van der Waals surface area contributed by atoms with Gasteiger partial charge in [0.15, 0.2) is 5.78 Å². The zero-order valence-electron chi connectivity index (χ0n) is 7.07. The number of fused-ring (bicyclic) bond motifs is 1. The van der Waals surface area contributed by atoms with Gasteiger partial charge in [-0.2, -0.15) is 5.26 Å². The lowest BCUT2D eigenvalue weighted by Crippen LogP contribution is -2.21. The van der Waals surface area contributed by atoms with Crippen LogP contribution in [0.15, 0.2) is 40.6 Å². The van der Waals surface area contributed by atoms with Crippen molar-refractivity contribution in [3.63, 3.8) is 0 Å². The van der Waals surface area contributed by atoms with E-state index in [1.165, 1.54) is 12.3 Å². The van der Waals surface area contributed by atoms with E-state index in [9.17, 15) is 4.79 Å². The van der Waals surface area contributed by atoms with Crippen LogP contribution < -0.4 is 0 Å². The van der Waals surface area contributed by atoms with Crippen LogP contribution in [0.4, 0.5) is 0 Å². The van der Waals surface area contributed by atoms with Crippen LogP contribution in [0.3, 0.4) is 0 Å². The Morgan fingerprint density at radius 3 is 3.00 bits per heavy atom. The molecule has 0 aromatic rings. The molecule has 1 aliphatic carbocycles. The van der Waals surface area contributed by atoms with Gasteiger partial charge in [-0.15, -0.1) is 0 Å². The second-order valence-corrected chi connectivity index (χ2v) is 3.93. The topological polar surface area (TPSA) is 53.2 Å². The third-order valence-corrected chi connectivity index (χ3v) is 2.51. The lowest BCUT2D eigenvalue weighted by molar-refractivity contribution is -0.110. The van der Waals surface area contributed by atoms with E-state index in [-0.39, 0.29) is 10.6 Å². The molecule has 0 bridgehead atoms. The normalized spacial score (nSPS) is 24.4. The van der Waals surface area contributed by atoms with E-state index >= 15 is 0 Å². The first-order valence-electron chi connectivity index (χ1n) is 3.99. The molecular weight excluding hydrogens is 244 g/mol. The van der Waals surface area contributed by atoms with Crippen LogP contribution in [0.25, 0.3) is 0 Å². The van der Waals surface area contributed by atoms with Crippen LogP contribution >= 0.6 is 15.9 Å². The third-order valence-electron chi connectivity index (χ3n) is 1.98. The number of carbonyl (C=O) groups is 1. The first-order valence-corrected chi connectivity index (χ1v) is 4.91. The maximum absolute atomic E-state index is 11.4. The Hall–Kier alpha value is -1.47. The zero-order valence-corrected chi connectivity index (χ0v) is 8.65. The summed E-state index contributed by atoms with van der Waals surface area (Å²) < 4.78 is 0. The molecule has 68 valence electrons. The fourth-order valence-corrected chi connectivity index (χ4v) is 1.90. The van der Waals surface area contributed by atoms with Gasteiger partial charge in [0.05, 0.1) is 16.1 Å². The van der Waals surface area contributed by atoms with Gasteiger partial charge in [0.2, 0.25) is 0 Å². The summed E-state index contributed by atoms with van der Waals surface area (Å²) >= 11 is 3.32. The quantitative estimate of drug-likeness (QED) is 0.613. The Labute approximate surface area is 89.3 Å². The Kier molecular flexibility index (Phi) is 2.18. The molecule has 1 atom stereocenters. The highest BCUT2D eigenvalue weighted by molar-refractivity contribution is 9.09. The Balaban J connectivity index is 2.55. The zero-order chi connectivity index (χ0) is 10.1. The van der Waals surface area contributed by atoms with Crippen molar-refractivity contribution in [3.8, 4) is 6.07 Å². The Bertz CT molecular complexity index is 463. The maximum Gasteiger partial charge on any atom is 0.189 e. The lowest BCUT2D eigenvalue weighted by atomic mass is 9.92. The van der Waals surface area contributed by atoms with Crippen molar-refractivity contribution < 1.29 is 4.79 Å². The van der Waals surface area contributed by atoms with Gasteiger partial charge in [-0.3, -0.25) is 9.79 Å². The van der Waals surface area contributed by atoms with Crippen molar-refractivity contribution in [2.45, 2.75) is 4.83 Å². The van der Waals surface area contributed by atoms with E-state index < -0.39 is 0 Å². The minimum atomic E-state index is -0.0969. The molecule has 4 heteroatoms. The summed E-state index contributed by atoms with van der Waals surface area (Å²) in [5.74, 6) is -0.0969. The van der Waals surface area contributed by atoms with Crippen molar-refractivity contribution in [1.82, 2.24) is 0 Å². The number of rotatable bonds is 0. The van der Waals surface area contributed by atoms with Crippen molar-refractivity contribution in [2.75, 3.05) is 0 Å². The number of halogens is 1. The highest BCUT2D eigenvalue weighted by Crippen LogP contribution is 2.23. The molecule has 1 aliphatic heterocycles. The molecule has 0 saturated carbocycles. The smallest absolute Gasteiger partial charge is 0.189 e. The molecule has 1 heterocycles. The van der Waals surface area contributed by atoms with Crippen LogP contribution in [-0.2, 0) is 4.79 Å². The largest absolute Gasteiger partial charge is 0.289 e. The summed E-state index contributed by atoms with van der Waals surface area (Å²) in [7, 11) is 0. The lowest BCUT2D eigenvalue weighted by Gasteiger charge is -2.16. The molecule has 14 heavy (non-hydrogen) atoms. The second-order valence-electron chi connectivity index (χ2n) is 2.87. The van der Waals surface area contributed by atoms with E-state index in [1.54, 1.807) is 12.2 Å². The number of nitriles is 1. The maximum atomic E-state index is 11.4. The number of hydrogen-bond acceptors (Lipinski definition) is 3. The molecule has 0 amide bonds. The van der Waals surface area contributed by atoms with Crippen LogP contribution in [0, 0.1) is 11.3 Å². The van der Waals surface area contributed by atoms with E-state index in [4.69, 9.17) is 5.26 Å². The SMILES string of the molecule is N#CC1=CC(Br)C=C2C(=O)C=CN=C12. The highest BCUT2D eigenvalue weighted by Gasteiger charge is 2.24. The van der Waals surface area contributed by atoms with E-state index in [1.807, 2.05) is 6.07 Å². The number of hydrogen-bond donors (Lipinski definition) is 0. The molecule has 0 saturated heterocycles. The van der Waals surface area contributed by atoms with Crippen LogP contribution in [-0.4, -0.2) is 16.3 Å². The van der Waals surface area contributed by atoms with E-state index in [0.717, 1.165) is 0 Å². The van der Waals surface area contributed by atoms with Gasteiger partial charge < -0.3 is 0 Å². The van der Waals surface area contributed by atoms with Crippen molar-refractivity contribution in [3.05, 3.63) is 35.6 Å².